The summed E-state index contributed by atoms with van der Waals surface area (Å²) < 4.78 is 5.77. The monoisotopic (exact) mass is 248 g/mol. The van der Waals surface area contributed by atoms with E-state index in [1.54, 1.807) is 0 Å². The molecule has 17 heavy (non-hydrogen) atoms. The largest absolute Gasteiger partial charge is 0.438 e. The van der Waals surface area contributed by atoms with Crippen LogP contribution < -0.4 is 4.74 Å². The molecule has 0 aliphatic rings. The third-order valence-electron chi connectivity index (χ3n) is 2.53. The van der Waals surface area contributed by atoms with E-state index in [-0.39, 0.29) is 0 Å². The van der Waals surface area contributed by atoms with Gasteiger partial charge in [0, 0.05) is 5.56 Å². The molecular weight excluding hydrogens is 236 g/mol. The normalized spacial score (nSPS) is 10.4. The van der Waals surface area contributed by atoms with Crippen LogP contribution in [0, 0.1) is 20.8 Å². The lowest BCUT2D eigenvalue weighted by atomic mass is 10.1. The van der Waals surface area contributed by atoms with E-state index in [0.29, 0.717) is 11.0 Å². The predicted molar refractivity (Wildman–Crippen MR) is 67.8 cm³/mol. The molecule has 88 valence electrons. The average molecular weight is 249 g/mol. The maximum atomic E-state index is 5.92. The van der Waals surface area contributed by atoms with Crippen molar-refractivity contribution in [2.75, 3.05) is 0 Å². The number of hydrogen-bond donors (Lipinski definition) is 0. The summed E-state index contributed by atoms with van der Waals surface area (Å²) in [5.74, 6) is 1.29. The van der Waals surface area contributed by atoms with E-state index in [4.69, 9.17) is 16.3 Å². The zero-order chi connectivity index (χ0) is 12.4. The highest BCUT2D eigenvalue weighted by molar-refractivity contribution is 6.30. The first-order chi connectivity index (χ1) is 8.08. The summed E-state index contributed by atoms with van der Waals surface area (Å²) >= 11 is 5.92. The number of ether oxygens (including phenoxy) is 1. The number of benzene rings is 1. The van der Waals surface area contributed by atoms with E-state index in [1.165, 1.54) is 6.33 Å². The van der Waals surface area contributed by atoms with E-state index < -0.39 is 0 Å². The van der Waals surface area contributed by atoms with Crippen LogP contribution in [0.3, 0.4) is 0 Å². The van der Waals surface area contributed by atoms with Gasteiger partial charge in [-0.1, -0.05) is 23.7 Å². The van der Waals surface area contributed by atoms with E-state index in [2.05, 4.69) is 9.97 Å². The van der Waals surface area contributed by atoms with Gasteiger partial charge >= 0.3 is 0 Å². The molecule has 0 saturated heterocycles. The summed E-state index contributed by atoms with van der Waals surface area (Å²) in [6.07, 6.45) is 1.40. The molecule has 0 N–H and O–H groups in total. The molecule has 1 aromatic carbocycles. The van der Waals surface area contributed by atoms with Gasteiger partial charge in [0.25, 0.3) is 0 Å². The Balaban J connectivity index is 2.38. The zero-order valence-electron chi connectivity index (χ0n) is 9.99. The second kappa shape index (κ2) is 4.72. The Bertz CT molecular complexity index is 555. The van der Waals surface area contributed by atoms with Gasteiger partial charge in [-0.25, -0.2) is 9.97 Å². The summed E-state index contributed by atoms with van der Waals surface area (Å²) in [4.78, 5) is 7.98. The second-order valence-corrected chi connectivity index (χ2v) is 4.32. The Morgan fingerprint density at radius 3 is 2.65 bits per heavy atom. The van der Waals surface area contributed by atoms with Gasteiger partial charge in [-0.2, -0.15) is 0 Å². The van der Waals surface area contributed by atoms with Crippen molar-refractivity contribution in [2.24, 2.45) is 0 Å². The Hall–Kier alpha value is -1.61. The summed E-state index contributed by atoms with van der Waals surface area (Å²) in [5, 5.41) is 0.417. The SMILES string of the molecule is Cc1ccc(C)c(Oc2ncnc(Cl)c2C)c1. The highest BCUT2D eigenvalue weighted by Crippen LogP contribution is 2.28. The van der Waals surface area contributed by atoms with Crippen molar-refractivity contribution in [1.82, 2.24) is 9.97 Å². The smallest absolute Gasteiger partial charge is 0.226 e. The standard InChI is InChI=1S/C13H13ClN2O/c1-8-4-5-9(2)11(6-8)17-13-10(3)12(14)15-7-16-13/h4-7H,1-3H3. The van der Waals surface area contributed by atoms with Crippen LogP contribution in [0.25, 0.3) is 0 Å². The van der Waals surface area contributed by atoms with Crippen molar-refractivity contribution in [3.8, 4) is 11.6 Å². The van der Waals surface area contributed by atoms with Gasteiger partial charge in [0.05, 0.1) is 0 Å². The highest BCUT2D eigenvalue weighted by Gasteiger charge is 2.08. The number of halogens is 1. The van der Waals surface area contributed by atoms with Crippen molar-refractivity contribution in [3.05, 3.63) is 46.4 Å². The molecule has 0 bridgehead atoms. The van der Waals surface area contributed by atoms with Gasteiger partial charge in [0.15, 0.2) is 0 Å². The van der Waals surface area contributed by atoms with Crippen molar-refractivity contribution >= 4 is 11.6 Å². The summed E-state index contributed by atoms with van der Waals surface area (Å²) in [6, 6.07) is 6.04. The number of hydrogen-bond acceptors (Lipinski definition) is 3. The third kappa shape index (κ3) is 2.56. The van der Waals surface area contributed by atoms with Crippen molar-refractivity contribution in [3.63, 3.8) is 0 Å². The first-order valence-corrected chi connectivity index (χ1v) is 5.68. The second-order valence-electron chi connectivity index (χ2n) is 3.97. The highest BCUT2D eigenvalue weighted by atomic mass is 35.5. The Morgan fingerprint density at radius 2 is 1.88 bits per heavy atom. The Kier molecular flexibility index (Phi) is 3.29. The first-order valence-electron chi connectivity index (χ1n) is 5.30. The lowest BCUT2D eigenvalue weighted by Crippen LogP contribution is -1.95. The first kappa shape index (κ1) is 11.9. The minimum Gasteiger partial charge on any atom is -0.438 e. The van der Waals surface area contributed by atoms with E-state index in [9.17, 15) is 0 Å². The Morgan fingerprint density at radius 1 is 1.12 bits per heavy atom. The van der Waals surface area contributed by atoms with Crippen LogP contribution in [0.15, 0.2) is 24.5 Å². The van der Waals surface area contributed by atoms with E-state index in [1.807, 2.05) is 39.0 Å². The van der Waals surface area contributed by atoms with Crippen LogP contribution in [0.1, 0.15) is 16.7 Å². The molecule has 0 spiro atoms. The number of nitrogens with zero attached hydrogens (tertiary/aromatic N) is 2. The third-order valence-corrected chi connectivity index (χ3v) is 2.91. The van der Waals surface area contributed by atoms with Gasteiger partial charge in [-0.3, -0.25) is 0 Å². The van der Waals surface area contributed by atoms with Crippen LogP contribution in [0.2, 0.25) is 5.15 Å². The van der Waals surface area contributed by atoms with Crippen LogP contribution in [-0.4, -0.2) is 9.97 Å². The van der Waals surface area contributed by atoms with Gasteiger partial charge in [0.1, 0.15) is 17.2 Å². The topological polar surface area (TPSA) is 35.0 Å². The van der Waals surface area contributed by atoms with Crippen LogP contribution in [0.5, 0.6) is 11.6 Å². The lowest BCUT2D eigenvalue weighted by Gasteiger charge is -2.10. The molecule has 2 rings (SSSR count). The molecule has 4 heteroatoms. The molecule has 0 saturated carbocycles. The van der Waals surface area contributed by atoms with Gasteiger partial charge < -0.3 is 4.74 Å². The molecule has 1 aromatic heterocycles. The minimum absolute atomic E-state index is 0.417. The molecule has 0 fully saturated rings. The molecule has 3 nitrogen and oxygen atoms in total. The lowest BCUT2D eigenvalue weighted by molar-refractivity contribution is 0.453. The summed E-state index contributed by atoms with van der Waals surface area (Å²) in [7, 11) is 0. The molecular formula is C13H13ClN2O. The quantitative estimate of drug-likeness (QED) is 0.758. The van der Waals surface area contributed by atoms with Crippen LogP contribution in [-0.2, 0) is 0 Å². The fraction of sp³-hybridized carbons (Fsp3) is 0.231. The minimum atomic E-state index is 0.417. The predicted octanol–water partition coefficient (Wildman–Crippen LogP) is 3.85. The maximum Gasteiger partial charge on any atom is 0.226 e. The maximum absolute atomic E-state index is 5.92. The molecule has 2 aromatic rings. The van der Waals surface area contributed by atoms with E-state index in [0.717, 1.165) is 22.4 Å². The van der Waals surface area contributed by atoms with Crippen molar-refractivity contribution in [1.29, 1.82) is 0 Å². The zero-order valence-corrected chi connectivity index (χ0v) is 10.7. The molecule has 0 aliphatic carbocycles. The fourth-order valence-electron chi connectivity index (χ4n) is 1.44. The number of aryl methyl sites for hydroxylation is 2. The molecule has 0 atom stereocenters. The molecule has 1 heterocycles. The van der Waals surface area contributed by atoms with E-state index >= 15 is 0 Å². The van der Waals surface area contributed by atoms with Gasteiger partial charge in [0.2, 0.25) is 5.88 Å². The molecule has 0 amide bonds. The number of rotatable bonds is 2. The van der Waals surface area contributed by atoms with Gasteiger partial charge in [-0.15, -0.1) is 0 Å². The number of aromatic nitrogens is 2. The Labute approximate surface area is 105 Å². The average Bonchev–Trinajstić information content (AvgIpc) is 2.30. The van der Waals surface area contributed by atoms with Gasteiger partial charge in [-0.05, 0) is 38.0 Å². The summed E-state index contributed by atoms with van der Waals surface area (Å²) in [5.41, 5.74) is 2.95. The summed E-state index contributed by atoms with van der Waals surface area (Å²) in [6.45, 7) is 5.85. The van der Waals surface area contributed by atoms with Crippen LogP contribution in [0.4, 0.5) is 0 Å². The molecule has 0 radical (unpaired) electrons. The van der Waals surface area contributed by atoms with Crippen molar-refractivity contribution in [2.45, 2.75) is 20.8 Å². The van der Waals surface area contributed by atoms with Crippen molar-refractivity contribution < 1.29 is 4.74 Å². The molecule has 0 aliphatic heterocycles. The molecule has 0 unspecified atom stereocenters. The van der Waals surface area contributed by atoms with Crippen LogP contribution >= 0.6 is 11.6 Å². The fourth-order valence-corrected chi connectivity index (χ4v) is 1.56.